The topological polar surface area (TPSA) is 71.8 Å². The predicted octanol–water partition coefficient (Wildman–Crippen LogP) is 5.06. The lowest BCUT2D eigenvalue weighted by Crippen LogP contribution is -2.30. The molecule has 0 bridgehead atoms. The van der Waals surface area contributed by atoms with E-state index in [9.17, 15) is 14.7 Å². The number of likely N-dealkylation sites (tertiary alicyclic amines) is 1. The highest BCUT2D eigenvalue weighted by molar-refractivity contribution is 6.46. The predicted molar refractivity (Wildman–Crippen MR) is 125 cm³/mol. The van der Waals surface area contributed by atoms with Gasteiger partial charge in [-0.1, -0.05) is 43.1 Å². The summed E-state index contributed by atoms with van der Waals surface area (Å²) in [4.78, 5) is 27.8. The van der Waals surface area contributed by atoms with Crippen molar-refractivity contribution in [3.63, 3.8) is 0 Å². The Balaban J connectivity index is 1.95. The first-order valence-electron chi connectivity index (χ1n) is 10.5. The number of methoxy groups -OCH3 is 1. The molecule has 1 unspecified atom stereocenters. The molecule has 1 fully saturated rings. The number of benzene rings is 2. The van der Waals surface area contributed by atoms with Crippen molar-refractivity contribution in [2.24, 2.45) is 7.05 Å². The summed E-state index contributed by atoms with van der Waals surface area (Å²) in [6.45, 7) is 2.46. The minimum Gasteiger partial charge on any atom is -0.507 e. The van der Waals surface area contributed by atoms with Gasteiger partial charge in [0.05, 0.1) is 23.7 Å². The molecule has 6 nitrogen and oxygen atoms in total. The van der Waals surface area contributed by atoms with Crippen LogP contribution in [0.15, 0.2) is 54.2 Å². The molecular formula is C25H25ClN2O4. The number of aliphatic hydroxyl groups excluding tert-OH is 1. The van der Waals surface area contributed by atoms with Crippen molar-refractivity contribution in [3.8, 4) is 5.75 Å². The molecule has 1 saturated heterocycles. The Morgan fingerprint density at radius 2 is 1.94 bits per heavy atom. The monoisotopic (exact) mass is 452 g/mol. The van der Waals surface area contributed by atoms with E-state index in [1.807, 2.05) is 49.0 Å². The number of nitrogens with zero attached hydrogens (tertiary/aromatic N) is 2. The highest BCUT2D eigenvalue weighted by atomic mass is 35.5. The summed E-state index contributed by atoms with van der Waals surface area (Å²) in [6, 6.07) is 11.9. The van der Waals surface area contributed by atoms with E-state index in [1.165, 1.54) is 7.11 Å². The van der Waals surface area contributed by atoms with E-state index in [2.05, 4.69) is 0 Å². The number of carbonyl (C=O) groups excluding carboxylic acids is 2. The Bertz CT molecular complexity index is 1240. The zero-order valence-electron chi connectivity index (χ0n) is 18.3. The van der Waals surface area contributed by atoms with Crippen LogP contribution in [-0.4, -0.2) is 39.9 Å². The maximum Gasteiger partial charge on any atom is 0.295 e. The van der Waals surface area contributed by atoms with Gasteiger partial charge in [-0.15, -0.1) is 0 Å². The lowest BCUT2D eigenvalue weighted by molar-refractivity contribution is -0.139. The summed E-state index contributed by atoms with van der Waals surface area (Å²) in [5, 5.41) is 12.6. The first-order valence-corrected chi connectivity index (χ1v) is 10.9. The van der Waals surface area contributed by atoms with Gasteiger partial charge in [-0.3, -0.25) is 9.59 Å². The molecule has 1 amide bonds. The number of hydrogen-bond donors (Lipinski definition) is 1. The molecule has 4 rings (SSSR count). The minimum absolute atomic E-state index is 0.0758. The maximum absolute atomic E-state index is 13.2. The SMILES string of the molecule is CCCCN1C(=O)C(=O)/C(=C(/O)c2ccc(Cl)c(OC)c2)C1c1cn(C)c2ccccc12. The number of hydrogen-bond acceptors (Lipinski definition) is 4. The van der Waals surface area contributed by atoms with Gasteiger partial charge in [0.2, 0.25) is 0 Å². The standard InChI is InChI=1S/C25H25ClN2O4/c1-4-5-12-28-22(17-14-27(2)19-9-7-6-8-16(17)19)21(24(30)25(28)31)23(29)15-10-11-18(26)20(13-15)32-3/h6-11,13-14,22,29H,4-5,12H2,1-3H3/b23-21+. The maximum atomic E-state index is 13.2. The molecule has 0 spiro atoms. The smallest absolute Gasteiger partial charge is 0.295 e. The quantitative estimate of drug-likeness (QED) is 0.322. The van der Waals surface area contributed by atoms with Gasteiger partial charge in [-0.25, -0.2) is 0 Å². The Morgan fingerprint density at radius 1 is 1.19 bits per heavy atom. The molecule has 1 aliphatic heterocycles. The Labute approximate surface area is 191 Å². The second-order valence-corrected chi connectivity index (χ2v) is 8.32. The Morgan fingerprint density at radius 3 is 2.66 bits per heavy atom. The van der Waals surface area contributed by atoms with Gasteiger partial charge in [0.1, 0.15) is 11.5 Å². The molecule has 0 aliphatic carbocycles. The number of aromatic nitrogens is 1. The molecule has 1 aromatic heterocycles. The van der Waals surface area contributed by atoms with Gasteiger partial charge < -0.3 is 19.3 Å². The second kappa shape index (κ2) is 8.71. The number of ether oxygens (including phenoxy) is 1. The van der Waals surface area contributed by atoms with E-state index in [4.69, 9.17) is 16.3 Å². The van der Waals surface area contributed by atoms with Crippen LogP contribution in [0.1, 0.15) is 36.9 Å². The van der Waals surface area contributed by atoms with Crippen LogP contribution in [0.5, 0.6) is 5.75 Å². The highest BCUT2D eigenvalue weighted by Gasteiger charge is 2.46. The van der Waals surface area contributed by atoms with Gasteiger partial charge in [0.15, 0.2) is 0 Å². The first-order chi connectivity index (χ1) is 15.4. The fourth-order valence-corrected chi connectivity index (χ4v) is 4.51. The van der Waals surface area contributed by atoms with E-state index in [1.54, 1.807) is 23.1 Å². The van der Waals surface area contributed by atoms with Crippen molar-refractivity contribution in [2.45, 2.75) is 25.8 Å². The summed E-state index contributed by atoms with van der Waals surface area (Å²) in [5.41, 5.74) is 2.23. The number of aryl methyl sites for hydroxylation is 1. The number of aliphatic hydroxyl groups is 1. The largest absolute Gasteiger partial charge is 0.507 e. The zero-order chi connectivity index (χ0) is 23.0. The van der Waals surface area contributed by atoms with Crippen molar-refractivity contribution in [1.82, 2.24) is 9.47 Å². The Hall–Kier alpha value is -3.25. The number of halogens is 1. The molecule has 2 heterocycles. The fraction of sp³-hybridized carbons (Fsp3) is 0.280. The number of fused-ring (bicyclic) bond motifs is 1. The lowest BCUT2D eigenvalue weighted by atomic mass is 9.95. The van der Waals surface area contributed by atoms with Crippen molar-refractivity contribution in [3.05, 3.63) is 70.4 Å². The number of Topliss-reactive ketones (excluding diaryl/α,β-unsaturated/α-hetero) is 1. The van der Waals surface area contributed by atoms with Crippen LogP contribution >= 0.6 is 11.6 Å². The number of para-hydroxylation sites is 1. The summed E-state index contributed by atoms with van der Waals surface area (Å²) >= 11 is 6.13. The van der Waals surface area contributed by atoms with Crippen LogP contribution < -0.4 is 4.74 Å². The third-order valence-corrected chi connectivity index (χ3v) is 6.25. The molecule has 1 aliphatic rings. The van der Waals surface area contributed by atoms with Crippen LogP contribution in [-0.2, 0) is 16.6 Å². The van der Waals surface area contributed by atoms with E-state index in [0.717, 1.165) is 29.3 Å². The van der Waals surface area contributed by atoms with Crippen molar-refractivity contribution in [1.29, 1.82) is 0 Å². The normalized spacial score (nSPS) is 18.0. The average molecular weight is 453 g/mol. The third-order valence-electron chi connectivity index (χ3n) is 5.94. The zero-order valence-corrected chi connectivity index (χ0v) is 19.0. The second-order valence-electron chi connectivity index (χ2n) is 7.91. The van der Waals surface area contributed by atoms with Crippen LogP contribution in [0.4, 0.5) is 0 Å². The van der Waals surface area contributed by atoms with Crippen LogP contribution in [0, 0.1) is 0 Å². The number of rotatable bonds is 6. The lowest BCUT2D eigenvalue weighted by Gasteiger charge is -2.24. The molecule has 32 heavy (non-hydrogen) atoms. The molecule has 1 N–H and O–H groups in total. The van der Waals surface area contributed by atoms with Crippen molar-refractivity contribution in [2.75, 3.05) is 13.7 Å². The van der Waals surface area contributed by atoms with E-state index >= 15 is 0 Å². The van der Waals surface area contributed by atoms with Crippen LogP contribution in [0.3, 0.4) is 0 Å². The van der Waals surface area contributed by atoms with Crippen molar-refractivity contribution >= 4 is 40.0 Å². The van der Waals surface area contributed by atoms with Crippen LogP contribution in [0.2, 0.25) is 5.02 Å². The molecule has 166 valence electrons. The Kier molecular flexibility index (Phi) is 5.98. The van der Waals surface area contributed by atoms with Crippen molar-refractivity contribution < 1.29 is 19.4 Å². The molecule has 0 radical (unpaired) electrons. The van der Waals surface area contributed by atoms with E-state index in [0.29, 0.717) is 22.9 Å². The third kappa shape index (κ3) is 3.54. The summed E-state index contributed by atoms with van der Waals surface area (Å²) in [6.07, 6.45) is 3.55. The van der Waals surface area contributed by atoms with Gasteiger partial charge in [-0.2, -0.15) is 0 Å². The minimum atomic E-state index is -0.689. The molecule has 7 heteroatoms. The van der Waals surface area contributed by atoms with Gasteiger partial charge in [0, 0.05) is 41.8 Å². The molecule has 1 atom stereocenters. The van der Waals surface area contributed by atoms with Gasteiger partial charge >= 0.3 is 0 Å². The first kappa shape index (κ1) is 22.0. The molecule has 0 saturated carbocycles. The van der Waals surface area contributed by atoms with E-state index in [-0.39, 0.29) is 11.3 Å². The summed E-state index contributed by atoms with van der Waals surface area (Å²) in [7, 11) is 3.40. The fourth-order valence-electron chi connectivity index (χ4n) is 4.32. The molecule has 3 aromatic rings. The number of ketones is 1. The van der Waals surface area contributed by atoms with E-state index < -0.39 is 17.7 Å². The van der Waals surface area contributed by atoms with Gasteiger partial charge in [0.25, 0.3) is 11.7 Å². The average Bonchev–Trinajstić information content (AvgIpc) is 3.26. The number of unbranched alkanes of at least 4 members (excludes halogenated alkanes) is 1. The highest BCUT2D eigenvalue weighted by Crippen LogP contribution is 2.43. The summed E-state index contributed by atoms with van der Waals surface area (Å²) in [5.74, 6) is -1.16. The molecular weight excluding hydrogens is 428 g/mol. The number of carbonyl (C=O) groups is 2. The van der Waals surface area contributed by atoms with Gasteiger partial charge in [-0.05, 0) is 30.7 Å². The summed E-state index contributed by atoms with van der Waals surface area (Å²) < 4.78 is 7.23. The molecule has 2 aromatic carbocycles. The van der Waals surface area contributed by atoms with Crippen LogP contribution in [0.25, 0.3) is 16.7 Å². The number of amides is 1.